The highest BCUT2D eigenvalue weighted by molar-refractivity contribution is 8.33. The van der Waals surface area contributed by atoms with Gasteiger partial charge in [-0.2, -0.15) is 8.42 Å². The third-order valence-electron chi connectivity index (χ3n) is 6.59. The zero-order valence-corrected chi connectivity index (χ0v) is 18.1. The van der Waals surface area contributed by atoms with E-state index in [-0.39, 0.29) is 34.4 Å². The summed E-state index contributed by atoms with van der Waals surface area (Å²) in [6, 6.07) is 0. The Morgan fingerprint density at radius 3 is 2.20 bits per heavy atom. The van der Waals surface area contributed by atoms with Gasteiger partial charge < -0.3 is 0 Å². The van der Waals surface area contributed by atoms with Crippen LogP contribution in [0.25, 0.3) is 0 Å². The van der Waals surface area contributed by atoms with E-state index in [4.69, 9.17) is 3.63 Å². The van der Waals surface area contributed by atoms with E-state index in [0.717, 1.165) is 6.42 Å². The van der Waals surface area contributed by atoms with Crippen molar-refractivity contribution in [1.82, 2.24) is 0 Å². The van der Waals surface area contributed by atoms with Crippen molar-refractivity contribution in [3.8, 4) is 0 Å². The molecule has 25 heavy (non-hydrogen) atoms. The molecule has 0 saturated heterocycles. The molecule has 0 radical (unpaired) electrons. The van der Waals surface area contributed by atoms with Gasteiger partial charge in [0.15, 0.2) is 0 Å². The molecule has 3 atom stereocenters. The lowest BCUT2D eigenvalue weighted by Gasteiger charge is -2.46. The summed E-state index contributed by atoms with van der Waals surface area (Å²) in [6.45, 7) is 11.2. The van der Waals surface area contributed by atoms with E-state index < -0.39 is 30.6 Å². The van der Waals surface area contributed by atoms with Crippen molar-refractivity contribution in [2.75, 3.05) is 17.8 Å². The second kappa shape index (κ2) is 6.06. The molecule has 2 bridgehead atoms. The molecule has 5 nitrogen and oxygen atoms in total. The summed E-state index contributed by atoms with van der Waals surface area (Å²) in [5.74, 6) is 0.0643. The maximum Gasteiger partial charge on any atom is 0.277 e. The number of rotatable bonds is 6. The summed E-state index contributed by atoms with van der Waals surface area (Å²) in [4.78, 5) is 24.3. The maximum atomic E-state index is 13.0. The number of hydrogen-bond acceptors (Lipinski definition) is 5. The first-order valence-electron chi connectivity index (χ1n) is 8.78. The highest BCUT2D eigenvalue weighted by Crippen LogP contribution is 2.65. The Morgan fingerprint density at radius 2 is 1.84 bits per heavy atom. The Bertz CT molecular complexity index is 689. The summed E-state index contributed by atoms with van der Waals surface area (Å²) < 4.78 is 31.2. The van der Waals surface area contributed by atoms with Crippen LogP contribution in [0.5, 0.6) is 0 Å². The van der Waals surface area contributed by atoms with E-state index in [1.807, 2.05) is 34.6 Å². The second-order valence-corrected chi connectivity index (χ2v) is 14.9. The van der Waals surface area contributed by atoms with Crippen LogP contribution in [-0.4, -0.2) is 42.5 Å². The molecule has 2 aliphatic carbocycles. The SMILES string of the molecule is CC(=O)CS(C)(OS(=O)(=O)CC12CCC(CC1=O)C2(C)C)C(C)(C)C. The number of fused-ring (bicyclic) bond motifs is 2. The van der Waals surface area contributed by atoms with Gasteiger partial charge in [0.2, 0.25) is 0 Å². The van der Waals surface area contributed by atoms with E-state index >= 15 is 0 Å². The van der Waals surface area contributed by atoms with E-state index in [2.05, 4.69) is 0 Å². The van der Waals surface area contributed by atoms with Gasteiger partial charge >= 0.3 is 0 Å². The number of Topliss-reactive ketones (excluding diaryl/α,β-unsaturated/α-hetero) is 2. The third-order valence-corrected chi connectivity index (χ3v) is 13.0. The van der Waals surface area contributed by atoms with Crippen LogP contribution in [0.1, 0.15) is 60.8 Å². The number of hydrogen-bond donors (Lipinski definition) is 0. The van der Waals surface area contributed by atoms with Crippen LogP contribution in [-0.2, 0) is 23.3 Å². The third kappa shape index (κ3) is 3.44. The topological polar surface area (TPSA) is 77.5 Å². The monoisotopic (exact) mass is 392 g/mol. The number of carbonyl (C=O) groups excluding carboxylic acids is 2. The molecule has 2 fully saturated rings. The molecule has 0 spiro atoms. The molecule has 0 aromatic heterocycles. The van der Waals surface area contributed by atoms with Crippen LogP contribution in [0.15, 0.2) is 0 Å². The van der Waals surface area contributed by atoms with Gasteiger partial charge in [-0.05, 0) is 37.4 Å². The highest BCUT2D eigenvalue weighted by Gasteiger charge is 2.65. The first-order chi connectivity index (χ1) is 11.1. The minimum absolute atomic E-state index is 0.0555. The molecule has 0 amide bonds. The molecule has 146 valence electrons. The Balaban J connectivity index is 2.33. The zero-order chi connectivity index (χ0) is 19.5. The van der Waals surface area contributed by atoms with Crippen LogP contribution in [0, 0.1) is 16.7 Å². The first kappa shape index (κ1) is 20.9. The van der Waals surface area contributed by atoms with Gasteiger partial charge in [0.1, 0.15) is 11.6 Å². The van der Waals surface area contributed by atoms with Crippen LogP contribution >= 0.6 is 10.3 Å². The number of carbonyl (C=O) groups is 2. The summed E-state index contributed by atoms with van der Waals surface area (Å²) in [5.41, 5.74) is -1.17. The zero-order valence-electron chi connectivity index (χ0n) is 16.5. The van der Waals surface area contributed by atoms with Crippen molar-refractivity contribution in [2.45, 2.75) is 65.6 Å². The van der Waals surface area contributed by atoms with Gasteiger partial charge in [-0.25, -0.2) is 3.63 Å². The smallest absolute Gasteiger partial charge is 0.277 e. The standard InChI is InChI=1S/C18H32O5S2/c1-13(19)11-24(7,16(2,3)4)23-25(21,22)12-18-9-8-14(10-15(18)20)17(18,5)6/h14H,8-12H2,1-7H3. The minimum atomic E-state index is -3.94. The van der Waals surface area contributed by atoms with Crippen molar-refractivity contribution >= 4 is 32.0 Å². The van der Waals surface area contributed by atoms with E-state index in [9.17, 15) is 18.0 Å². The molecule has 0 aromatic rings. The van der Waals surface area contributed by atoms with Crippen LogP contribution in [0.2, 0.25) is 0 Å². The molecular weight excluding hydrogens is 360 g/mol. The fraction of sp³-hybridized carbons (Fsp3) is 0.889. The van der Waals surface area contributed by atoms with Gasteiger partial charge in [-0.3, -0.25) is 9.59 Å². The van der Waals surface area contributed by atoms with E-state index in [1.54, 1.807) is 6.26 Å². The molecular formula is C18H32O5S2. The highest BCUT2D eigenvalue weighted by atomic mass is 32.3. The van der Waals surface area contributed by atoms with Crippen molar-refractivity contribution in [3.05, 3.63) is 0 Å². The van der Waals surface area contributed by atoms with Crippen molar-refractivity contribution in [3.63, 3.8) is 0 Å². The van der Waals surface area contributed by atoms with E-state index in [0.29, 0.717) is 12.8 Å². The van der Waals surface area contributed by atoms with Gasteiger partial charge in [0, 0.05) is 11.2 Å². The Kier molecular flexibility index (Phi) is 5.07. The Labute approximate surface area is 153 Å². The summed E-state index contributed by atoms with van der Waals surface area (Å²) in [5, 5.41) is 0. The average molecular weight is 393 g/mol. The molecule has 3 unspecified atom stereocenters. The van der Waals surface area contributed by atoms with Crippen molar-refractivity contribution in [1.29, 1.82) is 0 Å². The first-order valence-corrected chi connectivity index (χ1v) is 12.5. The van der Waals surface area contributed by atoms with Gasteiger partial charge in [-0.15, -0.1) is 10.3 Å². The quantitative estimate of drug-likeness (QED) is 0.692. The minimum Gasteiger partial charge on any atom is -0.299 e. The van der Waals surface area contributed by atoms with Gasteiger partial charge in [-0.1, -0.05) is 34.6 Å². The largest absolute Gasteiger partial charge is 0.299 e. The molecule has 0 aliphatic heterocycles. The normalized spacial score (nSPS) is 32.4. The average Bonchev–Trinajstić information content (AvgIpc) is 2.68. The fourth-order valence-corrected chi connectivity index (χ4v) is 9.91. The number of ketones is 2. The summed E-state index contributed by atoms with van der Waals surface area (Å²) in [6.07, 6.45) is 3.73. The molecule has 7 heteroatoms. The Morgan fingerprint density at radius 1 is 1.28 bits per heavy atom. The molecule has 2 aliphatic rings. The molecule has 2 rings (SSSR count). The summed E-state index contributed by atoms with van der Waals surface area (Å²) >= 11 is 0. The van der Waals surface area contributed by atoms with Crippen molar-refractivity contribution in [2.24, 2.45) is 16.7 Å². The predicted octanol–water partition coefficient (Wildman–Crippen LogP) is 3.47. The predicted molar refractivity (Wildman–Crippen MR) is 102 cm³/mol. The lowest BCUT2D eigenvalue weighted by atomic mass is 9.70. The maximum absolute atomic E-state index is 13.0. The molecule has 2 saturated carbocycles. The van der Waals surface area contributed by atoms with E-state index in [1.165, 1.54) is 6.92 Å². The van der Waals surface area contributed by atoms with Gasteiger partial charge in [0.25, 0.3) is 10.1 Å². The van der Waals surface area contributed by atoms with Crippen LogP contribution in [0.4, 0.5) is 0 Å². The van der Waals surface area contributed by atoms with Gasteiger partial charge in [0.05, 0.1) is 16.9 Å². The fourth-order valence-electron chi connectivity index (χ4n) is 4.39. The second-order valence-electron chi connectivity index (χ2n) is 9.40. The lowest BCUT2D eigenvalue weighted by Crippen LogP contribution is -2.43. The van der Waals surface area contributed by atoms with Crippen LogP contribution < -0.4 is 0 Å². The molecule has 0 aromatic carbocycles. The Hall–Kier alpha value is -0.400. The lowest BCUT2D eigenvalue weighted by molar-refractivity contribution is -0.128. The molecule has 0 N–H and O–H groups in total. The summed E-state index contributed by atoms with van der Waals surface area (Å²) in [7, 11) is -6.11. The van der Waals surface area contributed by atoms with Crippen molar-refractivity contribution < 1.29 is 21.6 Å². The molecule has 0 heterocycles. The van der Waals surface area contributed by atoms with Crippen LogP contribution in [0.3, 0.4) is 0 Å².